The van der Waals surface area contributed by atoms with E-state index in [9.17, 15) is 9.59 Å². The lowest BCUT2D eigenvalue weighted by atomic mass is 10.0. The first-order valence-corrected chi connectivity index (χ1v) is 21.2. The van der Waals surface area contributed by atoms with Crippen molar-refractivity contribution in [2.24, 2.45) is 0 Å². The van der Waals surface area contributed by atoms with Crippen LogP contribution in [0, 0.1) is 18.3 Å². The molecule has 4 aromatic rings. The second-order valence-electron chi connectivity index (χ2n) is 13.9. The number of likely N-dealkylation sites (tertiary alicyclic amines) is 1. The Balaban J connectivity index is 0.00000100. The third kappa shape index (κ3) is 11.7. The second-order valence-corrected chi connectivity index (χ2v) is 14.3. The SMILES string of the molecule is C=CC(=O)N1CCN(c2nc(OCC3CCCN3CCCNC(=O)c3cccc(C)c3)nc3c2CCN(c2cccc4cccc(Cl)c24)C3)CC1.CC.CC.CC#N. The number of anilines is 2. The molecule has 2 fully saturated rings. The smallest absolute Gasteiger partial charge is 0.318 e. The maximum Gasteiger partial charge on any atom is 0.318 e. The van der Waals surface area contributed by atoms with Gasteiger partial charge < -0.3 is 24.8 Å². The first-order chi connectivity index (χ1) is 28.3. The van der Waals surface area contributed by atoms with Crippen LogP contribution in [0.3, 0.4) is 0 Å². The van der Waals surface area contributed by atoms with E-state index >= 15 is 0 Å². The Morgan fingerprint density at radius 3 is 2.40 bits per heavy atom. The zero-order valence-electron chi connectivity index (χ0n) is 35.3. The minimum absolute atomic E-state index is 0.0313. The van der Waals surface area contributed by atoms with Crippen molar-refractivity contribution in [3.8, 4) is 12.1 Å². The van der Waals surface area contributed by atoms with E-state index in [-0.39, 0.29) is 17.9 Å². The van der Waals surface area contributed by atoms with Crippen LogP contribution in [0.4, 0.5) is 11.5 Å². The average molecular weight is 809 g/mol. The first kappa shape index (κ1) is 45.5. The van der Waals surface area contributed by atoms with E-state index in [1.54, 1.807) is 6.07 Å². The van der Waals surface area contributed by atoms with Crippen molar-refractivity contribution in [3.63, 3.8) is 0 Å². The van der Waals surface area contributed by atoms with E-state index in [1.165, 1.54) is 13.0 Å². The molecular formula is C46H61ClN8O3. The molecule has 310 valence electrons. The van der Waals surface area contributed by atoms with Crippen molar-refractivity contribution >= 4 is 45.7 Å². The highest BCUT2D eigenvalue weighted by Crippen LogP contribution is 2.37. The molecule has 3 aromatic carbocycles. The van der Waals surface area contributed by atoms with Crippen LogP contribution in [0.25, 0.3) is 10.8 Å². The molecule has 0 aliphatic carbocycles. The van der Waals surface area contributed by atoms with E-state index < -0.39 is 0 Å². The van der Waals surface area contributed by atoms with Crippen LogP contribution in [0.5, 0.6) is 6.01 Å². The number of rotatable bonds is 11. The number of carbonyl (C=O) groups excluding carboxylic acids is 2. The molecule has 11 nitrogen and oxygen atoms in total. The first-order valence-electron chi connectivity index (χ1n) is 20.8. The molecule has 7 rings (SSSR count). The maximum absolute atomic E-state index is 12.6. The number of amides is 2. The van der Waals surface area contributed by atoms with Crippen LogP contribution < -0.4 is 19.9 Å². The van der Waals surface area contributed by atoms with Gasteiger partial charge in [0.1, 0.15) is 12.4 Å². The van der Waals surface area contributed by atoms with E-state index in [4.69, 9.17) is 31.6 Å². The fourth-order valence-corrected chi connectivity index (χ4v) is 7.93. The van der Waals surface area contributed by atoms with Crippen molar-refractivity contribution in [2.45, 2.75) is 79.8 Å². The normalized spacial score (nSPS) is 16.0. The van der Waals surface area contributed by atoms with Gasteiger partial charge in [-0.3, -0.25) is 14.5 Å². The Hall–Kier alpha value is -5.18. The van der Waals surface area contributed by atoms with Gasteiger partial charge in [-0.15, -0.1) is 0 Å². The Kier molecular flexibility index (Phi) is 18.3. The topological polar surface area (TPSA) is 118 Å². The predicted octanol–water partition coefficient (Wildman–Crippen LogP) is 8.23. The number of nitrogens with one attached hydrogen (secondary N) is 1. The van der Waals surface area contributed by atoms with Crippen molar-refractivity contribution in [1.29, 1.82) is 5.26 Å². The number of halogens is 1. The van der Waals surface area contributed by atoms with Gasteiger partial charge >= 0.3 is 6.01 Å². The zero-order valence-corrected chi connectivity index (χ0v) is 36.0. The Morgan fingerprint density at radius 1 is 0.983 bits per heavy atom. The van der Waals surface area contributed by atoms with Gasteiger partial charge in [-0.05, 0) is 74.9 Å². The van der Waals surface area contributed by atoms with E-state index in [2.05, 4.69) is 50.9 Å². The van der Waals surface area contributed by atoms with Gasteiger partial charge in [-0.25, -0.2) is 0 Å². The monoisotopic (exact) mass is 808 g/mol. The predicted molar refractivity (Wildman–Crippen MR) is 237 cm³/mol. The van der Waals surface area contributed by atoms with Gasteiger partial charge in [0.2, 0.25) is 5.91 Å². The maximum atomic E-state index is 12.6. The number of hydrogen-bond donors (Lipinski definition) is 1. The molecule has 1 unspecified atom stereocenters. The highest BCUT2D eigenvalue weighted by Gasteiger charge is 2.30. The molecule has 3 aliphatic rings. The molecule has 1 N–H and O–H groups in total. The minimum atomic E-state index is -0.0393. The largest absolute Gasteiger partial charge is 0.462 e. The quantitative estimate of drug-likeness (QED) is 0.118. The number of aryl methyl sites for hydroxylation is 1. The number of benzene rings is 3. The molecule has 2 amide bonds. The van der Waals surface area contributed by atoms with Gasteiger partial charge in [-0.1, -0.05) is 87.8 Å². The molecule has 1 aromatic heterocycles. The number of hydrogen-bond acceptors (Lipinski definition) is 9. The average Bonchev–Trinajstić information content (AvgIpc) is 3.72. The Labute approximate surface area is 350 Å². The van der Waals surface area contributed by atoms with Crippen LogP contribution >= 0.6 is 11.6 Å². The number of fused-ring (bicyclic) bond motifs is 2. The molecule has 0 radical (unpaired) electrons. The van der Waals surface area contributed by atoms with Crippen molar-refractivity contribution in [1.82, 2.24) is 25.1 Å². The molecular weight excluding hydrogens is 748 g/mol. The molecule has 4 heterocycles. The summed E-state index contributed by atoms with van der Waals surface area (Å²) in [4.78, 5) is 43.9. The summed E-state index contributed by atoms with van der Waals surface area (Å²) in [5, 5.41) is 13.3. The lowest BCUT2D eigenvalue weighted by Gasteiger charge is -2.38. The zero-order chi connectivity index (χ0) is 42.0. The highest BCUT2D eigenvalue weighted by molar-refractivity contribution is 6.36. The standard InChI is InChI=1S/C40H46ClN7O3.C2H3N.2C2H6/c1-3-36(49)46-21-23-47(24-22-46)38-32-16-20-48(35-15-6-11-29-10-5-14-33(41)37(29)35)26-34(32)43-40(44-38)51-27-31-13-7-18-45(31)19-8-17-42-39(50)30-12-4-9-28(2)25-30;1-2-3;2*1-2/h3-6,9-12,14-15,25,31H,1,7-8,13,16-24,26-27H2,2H3,(H,42,50);1H3;2*1-2H3. The third-order valence-electron chi connectivity index (χ3n) is 10.4. The van der Waals surface area contributed by atoms with E-state index in [0.717, 1.165) is 89.4 Å². The molecule has 1 atom stereocenters. The summed E-state index contributed by atoms with van der Waals surface area (Å²) in [5.41, 5.74) is 4.97. The Bertz CT molecular complexity index is 2000. The van der Waals surface area contributed by atoms with E-state index in [0.29, 0.717) is 57.4 Å². The van der Waals surface area contributed by atoms with Crippen molar-refractivity contribution in [3.05, 3.63) is 101 Å². The summed E-state index contributed by atoms with van der Waals surface area (Å²) >= 11 is 6.74. The van der Waals surface area contributed by atoms with Gasteiger partial charge in [0.25, 0.3) is 5.91 Å². The van der Waals surface area contributed by atoms with E-state index in [1.807, 2.05) is 75.9 Å². The molecule has 2 saturated heterocycles. The molecule has 0 spiro atoms. The Morgan fingerprint density at radius 2 is 1.69 bits per heavy atom. The van der Waals surface area contributed by atoms with Crippen LogP contribution in [0.15, 0.2) is 73.3 Å². The summed E-state index contributed by atoms with van der Waals surface area (Å²) < 4.78 is 6.46. The number of nitrogens with zero attached hydrogens (tertiary/aromatic N) is 7. The molecule has 0 saturated carbocycles. The van der Waals surface area contributed by atoms with Crippen LogP contribution in [0.1, 0.15) is 81.1 Å². The number of piperazine rings is 1. The van der Waals surface area contributed by atoms with Crippen molar-refractivity contribution in [2.75, 3.05) is 68.8 Å². The van der Waals surface area contributed by atoms with Gasteiger partial charge in [0, 0.05) is 81.0 Å². The minimum Gasteiger partial charge on any atom is -0.462 e. The molecule has 0 bridgehead atoms. The number of ether oxygens (including phenoxy) is 1. The number of aromatic nitrogens is 2. The summed E-state index contributed by atoms with van der Waals surface area (Å²) in [6.07, 6.45) is 5.19. The van der Waals surface area contributed by atoms with Gasteiger partial charge in [0.05, 0.1) is 23.3 Å². The van der Waals surface area contributed by atoms with Crippen LogP contribution in [-0.4, -0.2) is 96.6 Å². The molecule has 3 aliphatic heterocycles. The number of carbonyl (C=O) groups is 2. The third-order valence-corrected chi connectivity index (χ3v) is 10.7. The fourth-order valence-electron chi connectivity index (χ4n) is 7.65. The fraction of sp³-hybridized carbons (Fsp3) is 0.457. The van der Waals surface area contributed by atoms with Crippen molar-refractivity contribution < 1.29 is 14.3 Å². The van der Waals surface area contributed by atoms with Gasteiger partial charge in [0.15, 0.2) is 0 Å². The second kappa shape index (κ2) is 23.3. The lowest BCUT2D eigenvalue weighted by Crippen LogP contribution is -2.49. The molecule has 12 heteroatoms. The van der Waals surface area contributed by atoms with Gasteiger partial charge in [-0.2, -0.15) is 15.2 Å². The van der Waals surface area contributed by atoms with Crippen LogP contribution in [0.2, 0.25) is 5.02 Å². The summed E-state index contributed by atoms with van der Waals surface area (Å²) in [7, 11) is 0. The lowest BCUT2D eigenvalue weighted by molar-refractivity contribution is -0.126. The molecule has 58 heavy (non-hydrogen) atoms. The summed E-state index contributed by atoms with van der Waals surface area (Å²) in [6, 6.07) is 22.4. The summed E-state index contributed by atoms with van der Waals surface area (Å²) in [5.74, 6) is 0.836. The highest BCUT2D eigenvalue weighted by atomic mass is 35.5. The summed E-state index contributed by atoms with van der Waals surface area (Å²) in [6.45, 7) is 22.1. The number of nitriles is 1. The van der Waals surface area contributed by atoms with Crippen LogP contribution in [-0.2, 0) is 17.8 Å².